The number of nitrogens with two attached hydrogens (primary N) is 1. The normalized spacial score (nSPS) is 11.2. The van der Waals surface area contributed by atoms with Gasteiger partial charge < -0.3 is 15.8 Å². The van der Waals surface area contributed by atoms with Crippen molar-refractivity contribution in [2.24, 2.45) is 5.73 Å². The lowest BCUT2D eigenvalue weighted by molar-refractivity contribution is 0.0956. The second kappa shape index (κ2) is 8.35. The monoisotopic (exact) mass is 294 g/mol. The van der Waals surface area contributed by atoms with E-state index in [4.69, 9.17) is 10.5 Å². The molecule has 0 aliphatic carbocycles. The molecule has 1 aromatic rings. The summed E-state index contributed by atoms with van der Waals surface area (Å²) in [5.41, 5.74) is 6.43. The quantitative estimate of drug-likeness (QED) is 0.756. The van der Waals surface area contributed by atoms with Crippen molar-refractivity contribution in [3.8, 4) is 17.6 Å². The molecule has 1 unspecified atom stereocenters. The SMILES string of the molecule is COc1ccc(C(=O)NCCS(C)=O)cc1C#CCN. The lowest BCUT2D eigenvalue weighted by atomic mass is 10.1. The highest BCUT2D eigenvalue weighted by Gasteiger charge is 2.09. The molecule has 1 aromatic carbocycles. The fourth-order valence-corrected chi connectivity index (χ4v) is 1.89. The smallest absolute Gasteiger partial charge is 0.251 e. The highest BCUT2D eigenvalue weighted by molar-refractivity contribution is 7.84. The van der Waals surface area contributed by atoms with Crippen LogP contribution < -0.4 is 15.8 Å². The molecule has 3 N–H and O–H groups in total. The molecular weight excluding hydrogens is 276 g/mol. The fourth-order valence-electron chi connectivity index (χ4n) is 1.50. The molecule has 6 heteroatoms. The summed E-state index contributed by atoms with van der Waals surface area (Å²) in [5, 5.41) is 2.71. The number of ether oxygens (including phenoxy) is 1. The van der Waals surface area contributed by atoms with E-state index in [-0.39, 0.29) is 12.5 Å². The Labute approximate surface area is 121 Å². The molecule has 108 valence electrons. The van der Waals surface area contributed by atoms with Crippen molar-refractivity contribution in [2.75, 3.05) is 32.2 Å². The molecule has 20 heavy (non-hydrogen) atoms. The van der Waals surface area contributed by atoms with Crippen molar-refractivity contribution in [2.45, 2.75) is 0 Å². The number of methoxy groups -OCH3 is 1. The van der Waals surface area contributed by atoms with Crippen LogP contribution in [0.2, 0.25) is 0 Å². The second-order valence-corrected chi connectivity index (χ2v) is 5.51. The average Bonchev–Trinajstić information content (AvgIpc) is 2.44. The minimum absolute atomic E-state index is 0.228. The van der Waals surface area contributed by atoms with Gasteiger partial charge in [-0.2, -0.15) is 0 Å². The van der Waals surface area contributed by atoms with E-state index in [0.29, 0.717) is 29.2 Å². The maximum atomic E-state index is 11.9. The van der Waals surface area contributed by atoms with Gasteiger partial charge in [0.25, 0.3) is 5.91 Å². The third kappa shape index (κ3) is 5.03. The Morgan fingerprint density at radius 3 is 2.85 bits per heavy atom. The van der Waals surface area contributed by atoms with Crippen LogP contribution in [0, 0.1) is 11.8 Å². The van der Waals surface area contributed by atoms with Crippen molar-refractivity contribution in [3.05, 3.63) is 29.3 Å². The van der Waals surface area contributed by atoms with Crippen LogP contribution >= 0.6 is 0 Å². The third-order valence-electron chi connectivity index (χ3n) is 2.46. The number of hydrogen-bond acceptors (Lipinski definition) is 4. The van der Waals surface area contributed by atoms with E-state index in [1.807, 2.05) is 0 Å². The number of nitrogens with one attached hydrogen (secondary N) is 1. The first-order chi connectivity index (χ1) is 9.58. The molecule has 0 aliphatic rings. The Balaban J connectivity index is 2.85. The minimum Gasteiger partial charge on any atom is -0.495 e. The predicted molar refractivity (Wildman–Crippen MR) is 80.2 cm³/mol. The van der Waals surface area contributed by atoms with E-state index >= 15 is 0 Å². The molecule has 0 aliphatic heterocycles. The number of benzene rings is 1. The predicted octanol–water partition coefficient (Wildman–Crippen LogP) is 0.114. The van der Waals surface area contributed by atoms with Crippen LogP contribution in [0.1, 0.15) is 15.9 Å². The summed E-state index contributed by atoms with van der Waals surface area (Å²) < 4.78 is 16.1. The second-order valence-electron chi connectivity index (χ2n) is 3.95. The summed E-state index contributed by atoms with van der Waals surface area (Å²) in [7, 11) is 0.618. The molecule has 0 saturated carbocycles. The van der Waals surface area contributed by atoms with Crippen molar-refractivity contribution < 1.29 is 13.7 Å². The average molecular weight is 294 g/mol. The van der Waals surface area contributed by atoms with Crippen molar-refractivity contribution in [1.82, 2.24) is 5.32 Å². The highest BCUT2D eigenvalue weighted by Crippen LogP contribution is 2.18. The molecule has 0 saturated heterocycles. The van der Waals surface area contributed by atoms with Crippen molar-refractivity contribution in [1.29, 1.82) is 0 Å². The van der Waals surface area contributed by atoms with Gasteiger partial charge in [0.05, 0.1) is 19.2 Å². The number of carbonyl (C=O) groups excluding carboxylic acids is 1. The van der Waals surface area contributed by atoms with Gasteiger partial charge in [-0.15, -0.1) is 0 Å². The summed E-state index contributed by atoms with van der Waals surface area (Å²) in [4.78, 5) is 11.9. The summed E-state index contributed by atoms with van der Waals surface area (Å²) in [5.74, 6) is 6.39. The lowest BCUT2D eigenvalue weighted by Gasteiger charge is -2.07. The molecule has 1 atom stereocenters. The van der Waals surface area contributed by atoms with E-state index in [2.05, 4.69) is 17.2 Å². The van der Waals surface area contributed by atoms with Gasteiger partial charge in [-0.25, -0.2) is 0 Å². The van der Waals surface area contributed by atoms with E-state index < -0.39 is 10.8 Å². The van der Waals surface area contributed by atoms with Crippen LogP contribution in [0.4, 0.5) is 0 Å². The Morgan fingerprint density at radius 1 is 1.50 bits per heavy atom. The molecule has 0 radical (unpaired) electrons. The molecule has 1 rings (SSSR count). The third-order valence-corrected chi connectivity index (χ3v) is 3.24. The molecule has 1 amide bonds. The highest BCUT2D eigenvalue weighted by atomic mass is 32.2. The molecule has 0 fully saturated rings. The topological polar surface area (TPSA) is 81.4 Å². The van der Waals surface area contributed by atoms with Crippen LogP contribution in [-0.2, 0) is 10.8 Å². The number of hydrogen-bond donors (Lipinski definition) is 2. The lowest BCUT2D eigenvalue weighted by Crippen LogP contribution is -2.27. The fraction of sp³-hybridized carbons (Fsp3) is 0.357. The minimum atomic E-state index is -0.923. The summed E-state index contributed by atoms with van der Waals surface area (Å²) in [6.45, 7) is 0.611. The summed E-state index contributed by atoms with van der Waals surface area (Å²) in [6.07, 6.45) is 1.60. The first kappa shape index (κ1) is 16.2. The van der Waals surface area contributed by atoms with Crippen molar-refractivity contribution in [3.63, 3.8) is 0 Å². The standard InChI is InChI=1S/C14H18N2O3S/c1-19-13-6-5-12(10-11(13)4-3-7-15)14(17)16-8-9-20(2)18/h5-6,10H,7-9,15H2,1-2H3,(H,16,17). The van der Waals surface area contributed by atoms with Crippen LogP contribution in [-0.4, -0.2) is 42.3 Å². The van der Waals surface area contributed by atoms with Gasteiger partial charge in [0.2, 0.25) is 0 Å². The maximum absolute atomic E-state index is 11.9. The Hall–Kier alpha value is -1.84. The van der Waals surface area contributed by atoms with Crippen LogP contribution in [0.3, 0.4) is 0 Å². The zero-order valence-electron chi connectivity index (χ0n) is 11.6. The first-order valence-electron chi connectivity index (χ1n) is 6.03. The van der Waals surface area contributed by atoms with Gasteiger partial charge >= 0.3 is 0 Å². The van der Waals surface area contributed by atoms with E-state index in [0.717, 1.165) is 0 Å². The zero-order valence-corrected chi connectivity index (χ0v) is 12.4. The van der Waals surface area contributed by atoms with Gasteiger partial charge in [-0.05, 0) is 18.2 Å². The molecule has 0 bridgehead atoms. The van der Waals surface area contributed by atoms with Gasteiger partial charge in [0.15, 0.2) is 0 Å². The molecule has 0 heterocycles. The maximum Gasteiger partial charge on any atom is 0.251 e. The van der Waals surface area contributed by atoms with Gasteiger partial charge in [-0.1, -0.05) is 11.8 Å². The molecule has 0 spiro atoms. The molecule has 0 aromatic heterocycles. The van der Waals surface area contributed by atoms with Gasteiger partial charge in [0.1, 0.15) is 5.75 Å². The summed E-state index contributed by atoms with van der Waals surface area (Å²) in [6, 6.07) is 5.00. The molecule has 5 nitrogen and oxygen atoms in total. The van der Waals surface area contributed by atoms with Gasteiger partial charge in [-0.3, -0.25) is 9.00 Å². The Bertz CT molecular complexity index is 561. The largest absolute Gasteiger partial charge is 0.495 e. The number of carbonyl (C=O) groups is 1. The number of rotatable bonds is 5. The van der Waals surface area contributed by atoms with Crippen molar-refractivity contribution >= 4 is 16.7 Å². The number of amides is 1. The van der Waals surface area contributed by atoms with E-state index in [9.17, 15) is 9.00 Å². The van der Waals surface area contributed by atoms with Crippen LogP contribution in [0.5, 0.6) is 5.75 Å². The Morgan fingerprint density at radius 2 is 2.25 bits per heavy atom. The van der Waals surface area contributed by atoms with Gasteiger partial charge in [0, 0.05) is 34.9 Å². The van der Waals surface area contributed by atoms with E-state index in [1.165, 1.54) is 0 Å². The first-order valence-corrected chi connectivity index (χ1v) is 7.76. The summed E-state index contributed by atoms with van der Waals surface area (Å²) >= 11 is 0. The van der Waals surface area contributed by atoms with Crippen LogP contribution in [0.15, 0.2) is 18.2 Å². The zero-order chi connectivity index (χ0) is 15.0. The Kier molecular flexibility index (Phi) is 6.77. The van der Waals surface area contributed by atoms with E-state index in [1.54, 1.807) is 31.6 Å². The molecular formula is C14H18N2O3S. The van der Waals surface area contributed by atoms with Crippen LogP contribution in [0.25, 0.3) is 0 Å².